The Morgan fingerprint density at radius 2 is 1.88 bits per heavy atom. The summed E-state index contributed by atoms with van der Waals surface area (Å²) in [7, 11) is 0. The lowest BCUT2D eigenvalue weighted by molar-refractivity contribution is -0.162. The molecule has 0 aromatic heterocycles. The summed E-state index contributed by atoms with van der Waals surface area (Å²) in [6.45, 7) is 2.83. The summed E-state index contributed by atoms with van der Waals surface area (Å²) in [6, 6.07) is 0. The van der Waals surface area contributed by atoms with Crippen LogP contribution in [0.1, 0.15) is 19.8 Å². The number of hydrogen-bond donors (Lipinski definition) is 1. The van der Waals surface area contributed by atoms with Crippen molar-refractivity contribution in [1.82, 2.24) is 0 Å². The summed E-state index contributed by atoms with van der Waals surface area (Å²) < 4.78 is 15.8. The maximum Gasteiger partial charge on any atom is 0.310 e. The Bertz CT molecular complexity index is 320. The molecule has 6 heteroatoms. The van der Waals surface area contributed by atoms with E-state index in [1.54, 1.807) is 6.92 Å². The number of ether oxygens (including phenoxy) is 3. The van der Waals surface area contributed by atoms with Crippen molar-refractivity contribution in [3.05, 3.63) is 0 Å². The standard InChI is InChI=1S/C11H16O6/c1-2-15-10(14)8-6-11(16-3-4-17-11)5-7(8)9(12)13/h7-8H,2-6H2,1H3,(H,12,13)/t7-,8-/m0/s1. The van der Waals surface area contributed by atoms with E-state index in [2.05, 4.69) is 0 Å². The van der Waals surface area contributed by atoms with E-state index in [0.29, 0.717) is 13.2 Å². The van der Waals surface area contributed by atoms with Gasteiger partial charge in [0.05, 0.1) is 31.7 Å². The largest absolute Gasteiger partial charge is 0.481 e. The van der Waals surface area contributed by atoms with Crippen LogP contribution < -0.4 is 0 Å². The van der Waals surface area contributed by atoms with Gasteiger partial charge in [0.1, 0.15) is 0 Å². The Balaban J connectivity index is 2.13. The third kappa shape index (κ3) is 2.28. The molecular formula is C11H16O6. The zero-order chi connectivity index (χ0) is 12.5. The van der Waals surface area contributed by atoms with Crippen LogP contribution >= 0.6 is 0 Å². The van der Waals surface area contributed by atoms with Crippen LogP contribution in [-0.2, 0) is 23.8 Å². The van der Waals surface area contributed by atoms with Crippen LogP contribution in [0.2, 0.25) is 0 Å². The Labute approximate surface area is 98.8 Å². The van der Waals surface area contributed by atoms with Gasteiger partial charge in [-0.25, -0.2) is 0 Å². The molecule has 0 amide bonds. The van der Waals surface area contributed by atoms with Crippen molar-refractivity contribution in [2.24, 2.45) is 11.8 Å². The SMILES string of the molecule is CCOC(=O)[C@H]1CC2(C[C@@H]1C(=O)O)OCCO2. The number of carboxylic acids is 1. The molecule has 1 saturated carbocycles. The summed E-state index contributed by atoms with van der Waals surface area (Å²) in [4.78, 5) is 22.8. The number of rotatable bonds is 3. The van der Waals surface area contributed by atoms with Crippen LogP contribution in [0, 0.1) is 11.8 Å². The molecule has 0 radical (unpaired) electrons. The molecule has 1 aliphatic heterocycles. The van der Waals surface area contributed by atoms with Gasteiger partial charge in [0.15, 0.2) is 5.79 Å². The predicted molar refractivity (Wildman–Crippen MR) is 55.1 cm³/mol. The highest BCUT2D eigenvalue weighted by molar-refractivity contribution is 5.82. The van der Waals surface area contributed by atoms with Gasteiger partial charge in [-0.1, -0.05) is 0 Å². The molecule has 6 nitrogen and oxygen atoms in total. The van der Waals surface area contributed by atoms with Gasteiger partial charge in [0, 0.05) is 12.8 Å². The van der Waals surface area contributed by atoms with Crippen molar-refractivity contribution in [1.29, 1.82) is 0 Å². The minimum absolute atomic E-state index is 0.214. The monoisotopic (exact) mass is 244 g/mol. The van der Waals surface area contributed by atoms with Crippen LogP contribution in [0.4, 0.5) is 0 Å². The van der Waals surface area contributed by atoms with Crippen LogP contribution in [0.3, 0.4) is 0 Å². The highest BCUT2D eigenvalue weighted by Crippen LogP contribution is 2.45. The Hall–Kier alpha value is -1.14. The molecule has 1 heterocycles. The molecule has 96 valence electrons. The van der Waals surface area contributed by atoms with E-state index in [1.807, 2.05) is 0 Å². The molecule has 2 atom stereocenters. The number of carbonyl (C=O) groups excluding carboxylic acids is 1. The molecule has 2 rings (SSSR count). The number of carboxylic acid groups (broad SMARTS) is 1. The molecule has 1 aliphatic carbocycles. The second-order valence-electron chi connectivity index (χ2n) is 4.32. The number of hydrogen-bond acceptors (Lipinski definition) is 5. The third-order valence-electron chi connectivity index (χ3n) is 3.27. The Morgan fingerprint density at radius 1 is 1.29 bits per heavy atom. The highest BCUT2D eigenvalue weighted by Gasteiger charge is 2.55. The van der Waals surface area contributed by atoms with Gasteiger partial charge in [-0.3, -0.25) is 9.59 Å². The van der Waals surface area contributed by atoms with Crippen molar-refractivity contribution in [3.8, 4) is 0 Å². The Morgan fingerprint density at radius 3 is 2.41 bits per heavy atom. The van der Waals surface area contributed by atoms with E-state index in [9.17, 15) is 9.59 Å². The summed E-state index contributed by atoms with van der Waals surface area (Å²) in [5.74, 6) is -3.83. The smallest absolute Gasteiger partial charge is 0.310 e. The van der Waals surface area contributed by atoms with Gasteiger partial charge in [0.2, 0.25) is 0 Å². The van der Waals surface area contributed by atoms with E-state index < -0.39 is 29.6 Å². The number of esters is 1. The first kappa shape index (κ1) is 12.3. The van der Waals surface area contributed by atoms with Crippen LogP contribution in [0.5, 0.6) is 0 Å². The van der Waals surface area contributed by atoms with Gasteiger partial charge in [-0.2, -0.15) is 0 Å². The van der Waals surface area contributed by atoms with Crippen LogP contribution in [0.25, 0.3) is 0 Å². The van der Waals surface area contributed by atoms with Gasteiger partial charge < -0.3 is 19.3 Å². The second-order valence-corrected chi connectivity index (χ2v) is 4.32. The number of carbonyl (C=O) groups is 2. The molecule has 2 fully saturated rings. The van der Waals surface area contributed by atoms with Gasteiger partial charge in [-0.15, -0.1) is 0 Å². The first-order chi connectivity index (χ1) is 8.08. The topological polar surface area (TPSA) is 82.1 Å². The molecule has 0 aromatic carbocycles. The number of aliphatic carboxylic acids is 1. The molecule has 1 saturated heterocycles. The molecule has 2 aliphatic rings. The molecule has 0 bridgehead atoms. The van der Waals surface area contributed by atoms with Gasteiger partial charge in [-0.05, 0) is 6.92 Å². The normalized spacial score (nSPS) is 30.6. The average molecular weight is 244 g/mol. The zero-order valence-electron chi connectivity index (χ0n) is 9.68. The van der Waals surface area contributed by atoms with E-state index in [4.69, 9.17) is 19.3 Å². The minimum atomic E-state index is -1.00. The van der Waals surface area contributed by atoms with Crippen molar-refractivity contribution < 1.29 is 28.9 Å². The van der Waals surface area contributed by atoms with Gasteiger partial charge in [0.25, 0.3) is 0 Å². The fourth-order valence-electron chi connectivity index (χ4n) is 2.53. The first-order valence-corrected chi connectivity index (χ1v) is 5.75. The summed E-state index contributed by atoms with van der Waals surface area (Å²) in [6.07, 6.45) is 0.481. The Kier molecular flexibility index (Phi) is 3.35. The zero-order valence-corrected chi connectivity index (χ0v) is 9.68. The highest BCUT2D eigenvalue weighted by atomic mass is 16.7. The summed E-state index contributed by atoms with van der Waals surface area (Å²) >= 11 is 0. The maximum atomic E-state index is 11.7. The lowest BCUT2D eigenvalue weighted by atomic mass is 9.96. The van der Waals surface area contributed by atoms with E-state index in [1.165, 1.54) is 0 Å². The average Bonchev–Trinajstić information content (AvgIpc) is 2.87. The van der Waals surface area contributed by atoms with Crippen molar-refractivity contribution >= 4 is 11.9 Å². The van der Waals surface area contributed by atoms with E-state index >= 15 is 0 Å². The van der Waals surface area contributed by atoms with Crippen molar-refractivity contribution in [3.63, 3.8) is 0 Å². The quantitative estimate of drug-likeness (QED) is 0.724. The lowest BCUT2D eigenvalue weighted by Crippen LogP contribution is -2.27. The van der Waals surface area contributed by atoms with E-state index in [-0.39, 0.29) is 19.4 Å². The van der Waals surface area contributed by atoms with Crippen LogP contribution in [-0.4, -0.2) is 42.7 Å². The minimum Gasteiger partial charge on any atom is -0.481 e. The molecule has 0 unspecified atom stereocenters. The molecule has 1 N–H and O–H groups in total. The first-order valence-electron chi connectivity index (χ1n) is 5.75. The molecular weight excluding hydrogens is 228 g/mol. The third-order valence-corrected chi connectivity index (χ3v) is 3.27. The predicted octanol–water partition coefficient (Wildman–Crippen LogP) is 0.403. The summed E-state index contributed by atoms with van der Waals surface area (Å²) in [5.41, 5.74) is 0. The van der Waals surface area contributed by atoms with Crippen molar-refractivity contribution in [2.75, 3.05) is 19.8 Å². The maximum absolute atomic E-state index is 11.7. The second kappa shape index (κ2) is 4.62. The fraction of sp³-hybridized carbons (Fsp3) is 0.818. The summed E-state index contributed by atoms with van der Waals surface area (Å²) in [5, 5.41) is 9.13. The fourth-order valence-corrected chi connectivity index (χ4v) is 2.53. The van der Waals surface area contributed by atoms with E-state index in [0.717, 1.165) is 0 Å². The molecule has 1 spiro atoms. The van der Waals surface area contributed by atoms with Crippen LogP contribution in [0.15, 0.2) is 0 Å². The van der Waals surface area contributed by atoms with Gasteiger partial charge >= 0.3 is 11.9 Å². The van der Waals surface area contributed by atoms with Crippen molar-refractivity contribution in [2.45, 2.75) is 25.6 Å². The molecule has 0 aromatic rings. The lowest BCUT2D eigenvalue weighted by Gasteiger charge is -2.20. The molecule has 17 heavy (non-hydrogen) atoms.